The van der Waals surface area contributed by atoms with Crippen molar-refractivity contribution in [2.45, 2.75) is 13.0 Å². The lowest BCUT2D eigenvalue weighted by Gasteiger charge is -2.17. The third-order valence-electron chi connectivity index (χ3n) is 3.68. The molecule has 0 saturated heterocycles. The largest absolute Gasteiger partial charge is 0.497 e. The van der Waals surface area contributed by atoms with Crippen molar-refractivity contribution in [2.24, 2.45) is 0 Å². The van der Waals surface area contributed by atoms with Crippen LogP contribution in [0.4, 0.5) is 4.39 Å². The fourth-order valence-electron chi connectivity index (χ4n) is 2.30. The summed E-state index contributed by atoms with van der Waals surface area (Å²) in [6, 6.07) is 9.12. The van der Waals surface area contributed by atoms with Crippen LogP contribution in [-0.2, 0) is 0 Å². The van der Waals surface area contributed by atoms with Crippen LogP contribution in [0.3, 0.4) is 0 Å². The predicted octanol–water partition coefficient (Wildman–Crippen LogP) is 3.34. The summed E-state index contributed by atoms with van der Waals surface area (Å²) in [6.07, 6.45) is 0. The van der Waals surface area contributed by atoms with Crippen molar-refractivity contribution >= 4 is 5.91 Å². The Morgan fingerprint density at radius 3 is 2.29 bits per heavy atom. The molecule has 0 heterocycles. The minimum Gasteiger partial charge on any atom is -0.497 e. The molecule has 0 bridgehead atoms. The maximum Gasteiger partial charge on any atom is 0.255 e. The normalized spacial score (nSPS) is 11.5. The van der Waals surface area contributed by atoms with Crippen molar-refractivity contribution in [2.75, 3.05) is 21.3 Å². The average Bonchev–Trinajstić information content (AvgIpc) is 2.60. The van der Waals surface area contributed by atoms with Gasteiger partial charge in [0, 0.05) is 6.07 Å². The summed E-state index contributed by atoms with van der Waals surface area (Å²) in [6.45, 7) is 1.77. The van der Waals surface area contributed by atoms with Gasteiger partial charge in [0.25, 0.3) is 5.91 Å². The van der Waals surface area contributed by atoms with Gasteiger partial charge >= 0.3 is 0 Å². The van der Waals surface area contributed by atoms with E-state index in [-0.39, 0.29) is 17.7 Å². The Labute approximate surface area is 140 Å². The van der Waals surface area contributed by atoms with Crippen molar-refractivity contribution in [3.8, 4) is 17.2 Å². The fourth-order valence-corrected chi connectivity index (χ4v) is 2.30. The highest BCUT2D eigenvalue weighted by Crippen LogP contribution is 2.26. The molecule has 1 atom stereocenters. The van der Waals surface area contributed by atoms with E-state index < -0.39 is 5.82 Å². The highest BCUT2D eigenvalue weighted by molar-refractivity contribution is 5.97. The first kappa shape index (κ1) is 17.6. The number of hydrogen-bond acceptors (Lipinski definition) is 4. The van der Waals surface area contributed by atoms with E-state index in [9.17, 15) is 9.18 Å². The second kappa shape index (κ2) is 7.68. The monoisotopic (exact) mass is 333 g/mol. The predicted molar refractivity (Wildman–Crippen MR) is 88.4 cm³/mol. The third-order valence-corrected chi connectivity index (χ3v) is 3.68. The van der Waals surface area contributed by atoms with Crippen LogP contribution in [0.2, 0.25) is 0 Å². The Hall–Kier alpha value is -2.76. The average molecular weight is 333 g/mol. The lowest BCUT2D eigenvalue weighted by Crippen LogP contribution is -2.27. The van der Waals surface area contributed by atoms with Crippen molar-refractivity contribution in [3.63, 3.8) is 0 Å². The number of hydrogen-bond donors (Lipinski definition) is 1. The molecule has 1 N–H and O–H groups in total. The molecule has 0 spiro atoms. The molecular formula is C18H20FNO4. The maximum atomic E-state index is 13.8. The van der Waals surface area contributed by atoms with E-state index >= 15 is 0 Å². The molecular weight excluding hydrogens is 313 g/mol. The number of ether oxygens (including phenoxy) is 3. The molecule has 24 heavy (non-hydrogen) atoms. The van der Waals surface area contributed by atoms with Gasteiger partial charge in [0.15, 0.2) is 11.6 Å². The van der Waals surface area contributed by atoms with E-state index in [0.717, 1.165) is 0 Å². The first-order chi connectivity index (χ1) is 11.5. The van der Waals surface area contributed by atoms with Crippen LogP contribution in [-0.4, -0.2) is 27.2 Å². The molecule has 128 valence electrons. The fraction of sp³-hybridized carbons (Fsp3) is 0.278. The van der Waals surface area contributed by atoms with Crippen molar-refractivity contribution in [3.05, 3.63) is 53.3 Å². The van der Waals surface area contributed by atoms with E-state index in [4.69, 9.17) is 14.2 Å². The molecule has 0 aliphatic heterocycles. The molecule has 2 rings (SSSR count). The van der Waals surface area contributed by atoms with Crippen LogP contribution in [0.25, 0.3) is 0 Å². The van der Waals surface area contributed by atoms with Gasteiger partial charge in [0.1, 0.15) is 11.5 Å². The lowest BCUT2D eigenvalue weighted by atomic mass is 10.1. The van der Waals surface area contributed by atoms with Gasteiger partial charge in [-0.3, -0.25) is 4.79 Å². The van der Waals surface area contributed by atoms with E-state index in [0.29, 0.717) is 22.6 Å². The molecule has 5 nitrogen and oxygen atoms in total. The Morgan fingerprint density at radius 1 is 1.00 bits per heavy atom. The van der Waals surface area contributed by atoms with Crippen LogP contribution in [0.1, 0.15) is 28.9 Å². The summed E-state index contributed by atoms with van der Waals surface area (Å²) in [5.74, 6) is 0.360. The van der Waals surface area contributed by atoms with Crippen molar-refractivity contribution in [1.29, 1.82) is 0 Å². The maximum absolute atomic E-state index is 13.8. The first-order valence-electron chi connectivity index (χ1n) is 7.36. The Kier molecular flexibility index (Phi) is 5.63. The molecule has 2 aromatic rings. The molecule has 0 aliphatic carbocycles. The number of nitrogens with one attached hydrogen (secondary N) is 1. The topological polar surface area (TPSA) is 56.8 Å². The zero-order chi connectivity index (χ0) is 17.7. The summed E-state index contributed by atoms with van der Waals surface area (Å²) in [4.78, 5) is 12.5. The summed E-state index contributed by atoms with van der Waals surface area (Å²) < 4.78 is 29.0. The van der Waals surface area contributed by atoms with E-state index in [1.165, 1.54) is 33.5 Å². The second-order valence-electron chi connectivity index (χ2n) is 5.16. The number of carbonyl (C=O) groups excluding carboxylic acids is 1. The highest BCUT2D eigenvalue weighted by Gasteiger charge is 2.17. The zero-order valence-electron chi connectivity index (χ0n) is 14.1. The molecule has 0 saturated carbocycles. The SMILES string of the molecule is COc1ccc(C(=O)NC(C)c2ccc(OC)c(F)c2)c(OC)c1. The number of rotatable bonds is 6. The Morgan fingerprint density at radius 2 is 1.71 bits per heavy atom. The molecule has 1 amide bonds. The number of amides is 1. The molecule has 0 fully saturated rings. The molecule has 0 aliphatic rings. The van der Waals surface area contributed by atoms with Gasteiger partial charge in [-0.25, -0.2) is 4.39 Å². The van der Waals surface area contributed by atoms with Crippen LogP contribution < -0.4 is 19.5 Å². The quantitative estimate of drug-likeness (QED) is 0.881. The first-order valence-corrected chi connectivity index (χ1v) is 7.36. The summed E-state index contributed by atoms with van der Waals surface area (Å²) in [5.41, 5.74) is 1.01. The minimum atomic E-state index is -0.474. The summed E-state index contributed by atoms with van der Waals surface area (Å²) >= 11 is 0. The summed E-state index contributed by atoms with van der Waals surface area (Å²) in [5, 5.41) is 2.82. The van der Waals surface area contributed by atoms with Gasteiger partial charge in [-0.15, -0.1) is 0 Å². The number of halogens is 1. The molecule has 0 radical (unpaired) electrons. The summed E-state index contributed by atoms with van der Waals surface area (Å²) in [7, 11) is 4.42. The van der Waals surface area contributed by atoms with Crippen LogP contribution in [0.5, 0.6) is 17.2 Å². The number of benzene rings is 2. The Balaban J connectivity index is 2.18. The van der Waals surface area contributed by atoms with Gasteiger partial charge in [0.05, 0.1) is 32.9 Å². The van der Waals surface area contributed by atoms with Crippen LogP contribution in [0.15, 0.2) is 36.4 Å². The molecule has 0 aromatic heterocycles. The number of carbonyl (C=O) groups is 1. The van der Waals surface area contributed by atoms with Gasteiger partial charge < -0.3 is 19.5 Å². The molecule has 6 heteroatoms. The third kappa shape index (κ3) is 3.76. The molecule has 2 aromatic carbocycles. The standard InChI is InChI=1S/C18H20FNO4/c1-11(12-5-8-16(23-3)15(19)9-12)20-18(21)14-7-6-13(22-2)10-17(14)24-4/h5-11H,1-4H3,(H,20,21). The van der Waals surface area contributed by atoms with E-state index in [1.54, 1.807) is 31.2 Å². The van der Waals surface area contributed by atoms with Gasteiger partial charge in [-0.05, 0) is 36.8 Å². The zero-order valence-corrected chi connectivity index (χ0v) is 14.1. The van der Waals surface area contributed by atoms with Crippen molar-refractivity contribution in [1.82, 2.24) is 5.32 Å². The van der Waals surface area contributed by atoms with Crippen LogP contribution in [0, 0.1) is 5.82 Å². The van der Waals surface area contributed by atoms with Crippen molar-refractivity contribution < 1.29 is 23.4 Å². The lowest BCUT2D eigenvalue weighted by molar-refractivity contribution is 0.0936. The minimum absolute atomic E-state index is 0.161. The van der Waals surface area contributed by atoms with Gasteiger partial charge in [-0.2, -0.15) is 0 Å². The van der Waals surface area contributed by atoms with E-state index in [1.807, 2.05) is 0 Å². The van der Waals surface area contributed by atoms with Gasteiger partial charge in [0.2, 0.25) is 0 Å². The van der Waals surface area contributed by atoms with Crippen LogP contribution >= 0.6 is 0 Å². The second-order valence-corrected chi connectivity index (χ2v) is 5.16. The Bertz CT molecular complexity index is 733. The van der Waals surface area contributed by atoms with Gasteiger partial charge in [-0.1, -0.05) is 6.07 Å². The van der Waals surface area contributed by atoms with E-state index in [2.05, 4.69) is 5.32 Å². The number of methoxy groups -OCH3 is 3. The smallest absolute Gasteiger partial charge is 0.255 e. The molecule has 1 unspecified atom stereocenters. The highest BCUT2D eigenvalue weighted by atomic mass is 19.1.